The van der Waals surface area contributed by atoms with E-state index in [1.54, 1.807) is 24.3 Å². The molecular formula is C24H34O6. The van der Waals surface area contributed by atoms with E-state index in [1.165, 1.54) is 0 Å². The van der Waals surface area contributed by atoms with Crippen molar-refractivity contribution in [3.05, 3.63) is 35.4 Å². The smallest absolute Gasteiger partial charge is 0.338 e. The van der Waals surface area contributed by atoms with Crippen molar-refractivity contribution in [2.24, 2.45) is 23.7 Å². The maximum Gasteiger partial charge on any atom is 0.338 e. The van der Waals surface area contributed by atoms with E-state index >= 15 is 0 Å². The fourth-order valence-electron chi connectivity index (χ4n) is 4.46. The number of esters is 2. The molecule has 6 heteroatoms. The highest BCUT2D eigenvalue weighted by molar-refractivity contribution is 5.93. The Bertz CT molecular complexity index is 610. The van der Waals surface area contributed by atoms with Crippen molar-refractivity contribution < 1.29 is 29.3 Å². The van der Waals surface area contributed by atoms with Crippen LogP contribution < -0.4 is 0 Å². The average molecular weight is 419 g/mol. The van der Waals surface area contributed by atoms with Gasteiger partial charge in [-0.25, -0.2) is 9.59 Å². The molecule has 2 fully saturated rings. The molecule has 0 amide bonds. The molecule has 1 aromatic rings. The molecular weight excluding hydrogens is 384 g/mol. The quantitative estimate of drug-likeness (QED) is 0.627. The summed E-state index contributed by atoms with van der Waals surface area (Å²) in [6.45, 7) is 1.29. The molecule has 0 aliphatic heterocycles. The zero-order chi connectivity index (χ0) is 21.3. The molecule has 0 aromatic heterocycles. The lowest BCUT2D eigenvalue weighted by atomic mass is 9.83. The van der Waals surface area contributed by atoms with E-state index in [0.29, 0.717) is 48.0 Å². The molecule has 30 heavy (non-hydrogen) atoms. The maximum atomic E-state index is 12.3. The van der Waals surface area contributed by atoms with E-state index in [0.717, 1.165) is 51.4 Å². The van der Waals surface area contributed by atoms with Crippen LogP contribution in [0, 0.1) is 23.7 Å². The van der Waals surface area contributed by atoms with E-state index in [4.69, 9.17) is 9.47 Å². The Balaban J connectivity index is 1.39. The molecule has 0 spiro atoms. The lowest BCUT2D eigenvalue weighted by Crippen LogP contribution is -2.22. The molecule has 2 aliphatic rings. The molecule has 166 valence electrons. The number of aliphatic hydroxyl groups excluding tert-OH is 2. The number of hydrogen-bond acceptors (Lipinski definition) is 6. The van der Waals surface area contributed by atoms with Gasteiger partial charge < -0.3 is 19.7 Å². The Labute approximate surface area is 178 Å². The van der Waals surface area contributed by atoms with Gasteiger partial charge in [-0.3, -0.25) is 0 Å². The van der Waals surface area contributed by atoms with Crippen LogP contribution in [-0.4, -0.2) is 48.6 Å². The third-order valence-corrected chi connectivity index (χ3v) is 6.71. The summed E-state index contributed by atoms with van der Waals surface area (Å²) < 4.78 is 10.9. The standard InChI is InChI=1S/C24H34O6/c25-13-17-1-5-19(6-2-17)15-29-23(27)21-9-11-22(12-10-21)24(28)30-16-20-7-3-18(14-26)4-8-20/h9-12,17-20,25-26H,1-8,13-16H2. The van der Waals surface area contributed by atoms with Gasteiger partial charge in [0.2, 0.25) is 0 Å². The molecule has 0 unspecified atom stereocenters. The Kier molecular flexibility index (Phi) is 8.70. The van der Waals surface area contributed by atoms with Gasteiger partial charge in [-0.15, -0.1) is 0 Å². The molecule has 6 nitrogen and oxygen atoms in total. The predicted molar refractivity (Wildman–Crippen MR) is 112 cm³/mol. The molecule has 2 saturated carbocycles. The van der Waals surface area contributed by atoms with Crippen molar-refractivity contribution in [3.8, 4) is 0 Å². The average Bonchev–Trinajstić information content (AvgIpc) is 2.81. The third kappa shape index (κ3) is 6.54. The molecule has 0 radical (unpaired) electrons. The van der Waals surface area contributed by atoms with Crippen LogP contribution in [0.15, 0.2) is 24.3 Å². The molecule has 0 heterocycles. The summed E-state index contributed by atoms with van der Waals surface area (Å²) in [5.74, 6) is 0.746. The van der Waals surface area contributed by atoms with Gasteiger partial charge >= 0.3 is 11.9 Å². The minimum absolute atomic E-state index is 0.242. The zero-order valence-electron chi connectivity index (χ0n) is 17.6. The SMILES string of the molecule is O=C(OCC1CCC(CO)CC1)c1ccc(C(=O)OCC2CCC(CO)CC2)cc1. The summed E-state index contributed by atoms with van der Waals surface area (Å²) in [7, 11) is 0. The number of hydrogen-bond donors (Lipinski definition) is 2. The van der Waals surface area contributed by atoms with Crippen LogP contribution in [0.1, 0.15) is 72.1 Å². The molecule has 0 saturated heterocycles. The summed E-state index contributed by atoms with van der Waals surface area (Å²) in [4.78, 5) is 24.6. The van der Waals surface area contributed by atoms with Crippen LogP contribution in [0.3, 0.4) is 0 Å². The first-order chi connectivity index (χ1) is 14.6. The minimum Gasteiger partial charge on any atom is -0.462 e. The lowest BCUT2D eigenvalue weighted by molar-refractivity contribution is 0.0367. The Morgan fingerprint density at radius 2 is 0.933 bits per heavy atom. The van der Waals surface area contributed by atoms with Gasteiger partial charge in [-0.2, -0.15) is 0 Å². The number of carbonyl (C=O) groups is 2. The second-order valence-corrected chi connectivity index (χ2v) is 8.91. The summed E-state index contributed by atoms with van der Waals surface area (Å²) in [5.41, 5.74) is 0.857. The van der Waals surface area contributed by atoms with Crippen LogP contribution in [0.4, 0.5) is 0 Å². The lowest BCUT2D eigenvalue weighted by Gasteiger charge is -2.26. The summed E-state index contributed by atoms with van der Waals surface area (Å²) in [6.07, 6.45) is 7.85. The topological polar surface area (TPSA) is 93.1 Å². The van der Waals surface area contributed by atoms with E-state index < -0.39 is 0 Å². The van der Waals surface area contributed by atoms with Gasteiger partial charge in [-0.05, 0) is 99.3 Å². The maximum absolute atomic E-state index is 12.3. The second-order valence-electron chi connectivity index (χ2n) is 8.91. The van der Waals surface area contributed by atoms with E-state index in [-0.39, 0.29) is 25.2 Å². The normalized spacial score (nSPS) is 26.7. The molecule has 2 N–H and O–H groups in total. The largest absolute Gasteiger partial charge is 0.462 e. The highest BCUT2D eigenvalue weighted by atomic mass is 16.5. The van der Waals surface area contributed by atoms with Gasteiger partial charge in [0.05, 0.1) is 24.3 Å². The number of carbonyl (C=O) groups excluding carboxylic acids is 2. The second kappa shape index (κ2) is 11.5. The zero-order valence-corrected chi connectivity index (χ0v) is 17.6. The summed E-state index contributed by atoms with van der Waals surface area (Å²) in [6, 6.07) is 6.42. The van der Waals surface area contributed by atoms with Crippen LogP contribution in [-0.2, 0) is 9.47 Å². The van der Waals surface area contributed by atoms with Crippen molar-refractivity contribution in [1.82, 2.24) is 0 Å². The van der Waals surface area contributed by atoms with Crippen molar-refractivity contribution >= 4 is 11.9 Å². The van der Waals surface area contributed by atoms with Gasteiger partial charge in [0.1, 0.15) is 0 Å². The van der Waals surface area contributed by atoms with Crippen LogP contribution in [0.2, 0.25) is 0 Å². The number of ether oxygens (including phenoxy) is 2. The number of rotatable bonds is 8. The Morgan fingerprint density at radius 1 is 0.633 bits per heavy atom. The van der Waals surface area contributed by atoms with Gasteiger partial charge in [0.25, 0.3) is 0 Å². The number of aliphatic hydroxyl groups is 2. The first-order valence-electron chi connectivity index (χ1n) is 11.2. The highest BCUT2D eigenvalue weighted by Gasteiger charge is 2.23. The molecule has 2 aliphatic carbocycles. The fourth-order valence-corrected chi connectivity index (χ4v) is 4.46. The molecule has 0 bridgehead atoms. The van der Waals surface area contributed by atoms with Crippen LogP contribution >= 0.6 is 0 Å². The first-order valence-corrected chi connectivity index (χ1v) is 11.2. The Hall–Kier alpha value is -1.92. The molecule has 3 rings (SSSR count). The predicted octanol–water partition coefficient (Wildman–Crippen LogP) is 3.60. The van der Waals surface area contributed by atoms with Gasteiger partial charge in [0, 0.05) is 13.2 Å². The highest BCUT2D eigenvalue weighted by Crippen LogP contribution is 2.29. The van der Waals surface area contributed by atoms with Crippen molar-refractivity contribution in [2.45, 2.75) is 51.4 Å². The van der Waals surface area contributed by atoms with Crippen molar-refractivity contribution in [1.29, 1.82) is 0 Å². The summed E-state index contributed by atoms with van der Waals surface area (Å²) >= 11 is 0. The monoisotopic (exact) mass is 418 g/mol. The Morgan fingerprint density at radius 3 is 1.23 bits per heavy atom. The van der Waals surface area contributed by atoms with Crippen molar-refractivity contribution in [2.75, 3.05) is 26.4 Å². The molecule has 1 aromatic carbocycles. The summed E-state index contributed by atoms with van der Waals surface area (Å²) in [5, 5.41) is 18.4. The number of benzene rings is 1. The third-order valence-electron chi connectivity index (χ3n) is 6.71. The van der Waals surface area contributed by atoms with E-state index in [2.05, 4.69) is 0 Å². The van der Waals surface area contributed by atoms with Crippen molar-refractivity contribution in [3.63, 3.8) is 0 Å². The van der Waals surface area contributed by atoms with Crippen LogP contribution in [0.5, 0.6) is 0 Å². The van der Waals surface area contributed by atoms with E-state index in [1.807, 2.05) is 0 Å². The minimum atomic E-state index is -0.375. The van der Waals surface area contributed by atoms with Gasteiger partial charge in [0.15, 0.2) is 0 Å². The van der Waals surface area contributed by atoms with Crippen LogP contribution in [0.25, 0.3) is 0 Å². The fraction of sp³-hybridized carbons (Fsp3) is 0.667. The van der Waals surface area contributed by atoms with Gasteiger partial charge in [-0.1, -0.05) is 0 Å². The first kappa shape index (κ1) is 22.8. The van der Waals surface area contributed by atoms with E-state index in [9.17, 15) is 19.8 Å². The molecule has 0 atom stereocenters.